The van der Waals surface area contributed by atoms with Crippen molar-refractivity contribution in [2.75, 3.05) is 0 Å². The highest BCUT2D eigenvalue weighted by molar-refractivity contribution is 6.09. The van der Waals surface area contributed by atoms with Crippen LogP contribution in [0.2, 0.25) is 0 Å². The first-order valence-electron chi connectivity index (χ1n) is 7.05. The van der Waals surface area contributed by atoms with Crippen LogP contribution in [-0.2, 0) is 0 Å². The third-order valence-corrected chi connectivity index (χ3v) is 3.43. The van der Waals surface area contributed by atoms with E-state index >= 15 is 0 Å². The molecule has 0 unspecified atom stereocenters. The molecule has 0 aliphatic carbocycles. The van der Waals surface area contributed by atoms with E-state index in [1.54, 1.807) is 66.7 Å². The van der Waals surface area contributed by atoms with Crippen LogP contribution in [0.15, 0.2) is 65.5 Å². The van der Waals surface area contributed by atoms with Crippen LogP contribution < -0.4 is 5.56 Å². The topological polar surface area (TPSA) is 96.0 Å². The highest BCUT2D eigenvalue weighted by Gasteiger charge is 2.23. The van der Waals surface area contributed by atoms with Gasteiger partial charge < -0.3 is 5.11 Å². The summed E-state index contributed by atoms with van der Waals surface area (Å²) in [5, 5.41) is 23.3. The Kier molecular flexibility index (Phi) is 3.91. The Balaban J connectivity index is 2.26. The molecule has 0 saturated carbocycles. The summed E-state index contributed by atoms with van der Waals surface area (Å²) in [7, 11) is 0. The lowest BCUT2D eigenvalue weighted by molar-refractivity contribution is 0.102. The molecule has 3 rings (SSSR count). The first-order valence-corrected chi connectivity index (χ1v) is 7.05. The Bertz CT molecular complexity index is 1000. The van der Waals surface area contributed by atoms with Gasteiger partial charge in [0.15, 0.2) is 17.0 Å². The maximum atomic E-state index is 12.6. The lowest BCUT2D eigenvalue weighted by Gasteiger charge is -2.09. The molecular weight excluding hydrogens is 306 g/mol. The van der Waals surface area contributed by atoms with Crippen molar-refractivity contribution < 1.29 is 9.90 Å². The molecule has 116 valence electrons. The van der Waals surface area contributed by atoms with Crippen molar-refractivity contribution in [3.63, 3.8) is 0 Å². The van der Waals surface area contributed by atoms with Gasteiger partial charge in [0.2, 0.25) is 5.78 Å². The number of aromatic nitrogens is 2. The standard InChI is InChI=1S/C18H11N3O3/c19-11-14-17(23)15(16(22)12-7-3-1-4-8-12)20-21(18(14)24)13-9-5-2-6-10-13/h1-10,23H. The highest BCUT2D eigenvalue weighted by Crippen LogP contribution is 2.21. The number of nitriles is 1. The van der Waals surface area contributed by atoms with Crippen LogP contribution in [0.1, 0.15) is 21.6 Å². The van der Waals surface area contributed by atoms with Crippen molar-refractivity contribution in [1.29, 1.82) is 5.26 Å². The molecule has 0 aliphatic heterocycles. The number of carbonyl (C=O) groups is 1. The van der Waals surface area contributed by atoms with E-state index < -0.39 is 22.7 Å². The number of para-hydroxylation sites is 1. The summed E-state index contributed by atoms with van der Waals surface area (Å²) in [5.41, 5.74) is -0.969. The zero-order valence-corrected chi connectivity index (χ0v) is 12.4. The van der Waals surface area contributed by atoms with Crippen LogP contribution in [0, 0.1) is 11.3 Å². The summed E-state index contributed by atoms with van der Waals surface area (Å²) in [5.74, 6) is -1.28. The molecule has 1 aromatic heterocycles. The number of benzene rings is 2. The molecule has 0 atom stereocenters. The highest BCUT2D eigenvalue weighted by atomic mass is 16.3. The number of hydrogen-bond donors (Lipinski definition) is 1. The second-order valence-corrected chi connectivity index (χ2v) is 4.93. The number of nitrogens with zero attached hydrogens (tertiary/aromatic N) is 3. The summed E-state index contributed by atoms with van der Waals surface area (Å²) in [6.45, 7) is 0. The van der Waals surface area contributed by atoms with E-state index in [4.69, 9.17) is 0 Å². The van der Waals surface area contributed by atoms with E-state index in [9.17, 15) is 20.0 Å². The van der Waals surface area contributed by atoms with Gasteiger partial charge in [0.05, 0.1) is 5.69 Å². The van der Waals surface area contributed by atoms with E-state index in [0.29, 0.717) is 11.3 Å². The van der Waals surface area contributed by atoms with E-state index in [1.165, 1.54) is 0 Å². The van der Waals surface area contributed by atoms with Gasteiger partial charge >= 0.3 is 0 Å². The zero-order chi connectivity index (χ0) is 17.1. The Morgan fingerprint density at radius 3 is 2.21 bits per heavy atom. The van der Waals surface area contributed by atoms with Crippen LogP contribution in [0.4, 0.5) is 0 Å². The molecule has 3 aromatic rings. The molecule has 2 aromatic carbocycles. The van der Waals surface area contributed by atoms with E-state index in [1.807, 2.05) is 0 Å². The lowest BCUT2D eigenvalue weighted by Crippen LogP contribution is -2.26. The van der Waals surface area contributed by atoms with E-state index in [0.717, 1.165) is 4.68 Å². The van der Waals surface area contributed by atoms with Crippen LogP contribution >= 0.6 is 0 Å². The van der Waals surface area contributed by atoms with Gasteiger partial charge in [-0.15, -0.1) is 0 Å². The maximum absolute atomic E-state index is 12.6. The minimum absolute atomic E-state index is 0.294. The molecule has 6 heteroatoms. The summed E-state index contributed by atoms with van der Waals surface area (Å²) in [6, 6.07) is 18.2. The lowest BCUT2D eigenvalue weighted by atomic mass is 10.1. The maximum Gasteiger partial charge on any atom is 0.293 e. The fraction of sp³-hybridized carbons (Fsp3) is 0. The van der Waals surface area contributed by atoms with E-state index in [2.05, 4.69) is 5.10 Å². The summed E-state index contributed by atoms with van der Waals surface area (Å²) >= 11 is 0. The van der Waals surface area contributed by atoms with Crippen molar-refractivity contribution in [1.82, 2.24) is 9.78 Å². The molecule has 0 saturated heterocycles. The smallest absolute Gasteiger partial charge is 0.293 e. The first-order chi connectivity index (χ1) is 11.6. The Morgan fingerprint density at radius 2 is 1.62 bits per heavy atom. The molecule has 0 spiro atoms. The van der Waals surface area contributed by atoms with Crippen molar-refractivity contribution in [2.45, 2.75) is 0 Å². The minimum Gasteiger partial charge on any atom is -0.504 e. The van der Waals surface area contributed by atoms with Gasteiger partial charge in [0.25, 0.3) is 5.56 Å². The van der Waals surface area contributed by atoms with Crippen molar-refractivity contribution in [3.8, 4) is 17.5 Å². The summed E-state index contributed by atoms with van der Waals surface area (Å²) < 4.78 is 0.939. The third-order valence-electron chi connectivity index (χ3n) is 3.43. The molecule has 24 heavy (non-hydrogen) atoms. The molecule has 1 N–H and O–H groups in total. The Labute approximate surface area is 136 Å². The van der Waals surface area contributed by atoms with Crippen molar-refractivity contribution >= 4 is 5.78 Å². The molecule has 0 bridgehead atoms. The van der Waals surface area contributed by atoms with Crippen LogP contribution in [0.25, 0.3) is 5.69 Å². The Morgan fingerprint density at radius 1 is 1.04 bits per heavy atom. The van der Waals surface area contributed by atoms with Crippen LogP contribution in [0.3, 0.4) is 0 Å². The van der Waals surface area contributed by atoms with Gasteiger partial charge in [0.1, 0.15) is 6.07 Å². The largest absolute Gasteiger partial charge is 0.504 e. The molecule has 6 nitrogen and oxygen atoms in total. The van der Waals surface area contributed by atoms with Crippen molar-refractivity contribution in [2.24, 2.45) is 0 Å². The van der Waals surface area contributed by atoms with Gasteiger partial charge in [-0.05, 0) is 12.1 Å². The second kappa shape index (κ2) is 6.18. The van der Waals surface area contributed by atoms with Gasteiger partial charge in [-0.1, -0.05) is 48.5 Å². The Hall–Kier alpha value is -3.72. The van der Waals surface area contributed by atoms with Gasteiger partial charge in [-0.3, -0.25) is 9.59 Å². The zero-order valence-electron chi connectivity index (χ0n) is 12.4. The fourth-order valence-electron chi connectivity index (χ4n) is 2.24. The predicted octanol–water partition coefficient (Wildman–Crippen LogP) is 2.04. The predicted molar refractivity (Wildman–Crippen MR) is 86.1 cm³/mol. The van der Waals surface area contributed by atoms with Crippen molar-refractivity contribution in [3.05, 3.63) is 87.8 Å². The minimum atomic E-state index is -0.786. The molecule has 0 aliphatic rings. The molecule has 1 heterocycles. The molecule has 0 radical (unpaired) electrons. The number of rotatable bonds is 3. The van der Waals surface area contributed by atoms with Gasteiger partial charge in [0, 0.05) is 5.56 Å². The van der Waals surface area contributed by atoms with Crippen LogP contribution in [-0.4, -0.2) is 20.7 Å². The average Bonchev–Trinajstić information content (AvgIpc) is 2.63. The first kappa shape index (κ1) is 15.2. The molecular formula is C18H11N3O3. The number of hydrogen-bond acceptors (Lipinski definition) is 5. The van der Waals surface area contributed by atoms with Gasteiger partial charge in [-0.25, -0.2) is 0 Å². The second-order valence-electron chi connectivity index (χ2n) is 4.93. The average molecular weight is 317 g/mol. The normalized spacial score (nSPS) is 10.1. The monoisotopic (exact) mass is 317 g/mol. The molecule has 0 amide bonds. The fourth-order valence-corrected chi connectivity index (χ4v) is 2.24. The van der Waals surface area contributed by atoms with Crippen LogP contribution in [0.5, 0.6) is 5.75 Å². The number of carbonyl (C=O) groups excluding carboxylic acids is 1. The summed E-state index contributed by atoms with van der Waals surface area (Å²) in [6.07, 6.45) is 0. The third kappa shape index (κ3) is 2.55. The SMILES string of the molecule is N#Cc1c(O)c(C(=O)c2ccccc2)nn(-c2ccccc2)c1=O. The number of ketones is 1. The van der Waals surface area contributed by atoms with Gasteiger partial charge in [-0.2, -0.15) is 15.0 Å². The number of aromatic hydroxyl groups is 1. The quantitative estimate of drug-likeness (QED) is 0.746. The van der Waals surface area contributed by atoms with E-state index in [-0.39, 0.29) is 5.69 Å². The summed E-state index contributed by atoms with van der Waals surface area (Å²) in [4.78, 5) is 24.9. The molecule has 0 fully saturated rings.